The van der Waals surface area contributed by atoms with E-state index in [1.54, 1.807) is 12.5 Å². The molecule has 0 aliphatic rings. The fraction of sp³-hybridized carbons (Fsp3) is 0.333. The molecule has 98 valence electrons. The van der Waals surface area contributed by atoms with Crippen LogP contribution in [0.1, 0.15) is 11.5 Å². The minimum absolute atomic E-state index is 0.569. The third kappa shape index (κ3) is 2.14. The first-order valence-corrected chi connectivity index (χ1v) is 5.91. The van der Waals surface area contributed by atoms with Crippen LogP contribution < -0.4 is 4.90 Å². The number of imidazole rings is 1. The number of fused-ring (bicyclic) bond motifs is 1. The quantitative estimate of drug-likeness (QED) is 0.705. The highest BCUT2D eigenvalue weighted by Gasteiger charge is 2.11. The van der Waals surface area contributed by atoms with E-state index in [1.807, 2.05) is 36.6 Å². The van der Waals surface area contributed by atoms with Gasteiger partial charge in [0.25, 0.3) is 0 Å². The van der Waals surface area contributed by atoms with Crippen LogP contribution in [-0.2, 0) is 13.6 Å². The second kappa shape index (κ2) is 4.34. The zero-order valence-corrected chi connectivity index (χ0v) is 11.0. The Morgan fingerprint density at radius 3 is 2.95 bits per heavy atom. The normalized spacial score (nSPS) is 11.1. The molecule has 0 aromatic carbocycles. The maximum Gasteiger partial charge on any atom is 0.227 e. The van der Waals surface area contributed by atoms with Crippen LogP contribution >= 0.6 is 0 Å². The van der Waals surface area contributed by atoms with E-state index in [9.17, 15) is 0 Å². The largest absolute Gasteiger partial charge is 0.359 e. The number of aromatic nitrogens is 5. The molecular formula is C12H14N6O. The number of hydrogen-bond acceptors (Lipinski definition) is 6. The van der Waals surface area contributed by atoms with Crippen LogP contribution in [0.15, 0.2) is 23.1 Å². The standard InChI is InChI=1S/C12H14N6O/c1-8-4-9(19-16-8)6-17(2)12-13-5-10-11(15-12)14-7-18(10)3/h4-5,7H,6H2,1-3H3. The van der Waals surface area contributed by atoms with Gasteiger partial charge in [0.15, 0.2) is 11.4 Å². The van der Waals surface area contributed by atoms with Gasteiger partial charge in [-0.25, -0.2) is 9.97 Å². The van der Waals surface area contributed by atoms with Crippen molar-refractivity contribution in [2.45, 2.75) is 13.5 Å². The molecule has 0 bridgehead atoms. The first-order chi connectivity index (χ1) is 9.13. The molecular weight excluding hydrogens is 244 g/mol. The van der Waals surface area contributed by atoms with Crippen LogP contribution in [0.2, 0.25) is 0 Å². The molecule has 19 heavy (non-hydrogen) atoms. The fourth-order valence-corrected chi connectivity index (χ4v) is 1.88. The molecule has 0 unspecified atom stereocenters. The lowest BCUT2D eigenvalue weighted by atomic mass is 10.4. The third-order valence-corrected chi connectivity index (χ3v) is 2.88. The van der Waals surface area contributed by atoms with Gasteiger partial charge in [0.05, 0.1) is 24.8 Å². The van der Waals surface area contributed by atoms with Crippen LogP contribution in [0.5, 0.6) is 0 Å². The summed E-state index contributed by atoms with van der Waals surface area (Å²) in [6.45, 7) is 2.46. The van der Waals surface area contributed by atoms with Crippen molar-refractivity contribution in [2.24, 2.45) is 7.05 Å². The lowest BCUT2D eigenvalue weighted by Gasteiger charge is -2.14. The van der Waals surface area contributed by atoms with E-state index in [1.165, 1.54) is 0 Å². The molecule has 7 heteroatoms. The second-order valence-electron chi connectivity index (χ2n) is 4.52. The van der Waals surface area contributed by atoms with E-state index in [4.69, 9.17) is 4.52 Å². The van der Waals surface area contributed by atoms with Gasteiger partial charge in [0, 0.05) is 20.2 Å². The molecule has 3 heterocycles. The average Bonchev–Trinajstić information content (AvgIpc) is 2.96. The van der Waals surface area contributed by atoms with Gasteiger partial charge in [0.1, 0.15) is 5.52 Å². The van der Waals surface area contributed by atoms with E-state index >= 15 is 0 Å². The Morgan fingerprint density at radius 1 is 1.37 bits per heavy atom. The van der Waals surface area contributed by atoms with Gasteiger partial charge >= 0.3 is 0 Å². The minimum Gasteiger partial charge on any atom is -0.359 e. The van der Waals surface area contributed by atoms with Crippen molar-refractivity contribution in [1.82, 2.24) is 24.7 Å². The van der Waals surface area contributed by atoms with Crippen LogP contribution in [-0.4, -0.2) is 31.7 Å². The van der Waals surface area contributed by atoms with Gasteiger partial charge in [0.2, 0.25) is 5.95 Å². The highest BCUT2D eigenvalue weighted by Crippen LogP contribution is 2.14. The molecule has 0 N–H and O–H groups in total. The van der Waals surface area contributed by atoms with Crippen LogP contribution in [0, 0.1) is 6.92 Å². The van der Waals surface area contributed by atoms with Gasteiger partial charge in [-0.2, -0.15) is 4.98 Å². The smallest absolute Gasteiger partial charge is 0.227 e. The molecule has 3 rings (SSSR count). The first kappa shape index (κ1) is 11.6. The molecule has 0 aliphatic heterocycles. The summed E-state index contributed by atoms with van der Waals surface area (Å²) in [5.41, 5.74) is 2.46. The SMILES string of the molecule is Cc1cc(CN(C)c2ncc3c(ncn3C)n2)on1. The summed E-state index contributed by atoms with van der Waals surface area (Å²) in [4.78, 5) is 14.9. The lowest BCUT2D eigenvalue weighted by Crippen LogP contribution is -2.18. The summed E-state index contributed by atoms with van der Waals surface area (Å²) < 4.78 is 7.07. The monoisotopic (exact) mass is 258 g/mol. The molecule has 0 saturated carbocycles. The number of rotatable bonds is 3. The van der Waals surface area contributed by atoms with Crippen molar-refractivity contribution in [3.05, 3.63) is 30.0 Å². The number of nitrogens with zero attached hydrogens (tertiary/aromatic N) is 6. The Hall–Kier alpha value is -2.44. The second-order valence-corrected chi connectivity index (χ2v) is 4.52. The van der Waals surface area contributed by atoms with E-state index in [-0.39, 0.29) is 0 Å². The highest BCUT2D eigenvalue weighted by molar-refractivity contribution is 5.70. The van der Waals surface area contributed by atoms with Crippen LogP contribution in [0.4, 0.5) is 5.95 Å². The molecule has 0 atom stereocenters. The van der Waals surface area contributed by atoms with E-state index in [2.05, 4.69) is 20.1 Å². The molecule has 7 nitrogen and oxygen atoms in total. The minimum atomic E-state index is 0.569. The zero-order valence-electron chi connectivity index (χ0n) is 11.0. The molecule has 0 fully saturated rings. The summed E-state index contributed by atoms with van der Waals surface area (Å²) in [5.74, 6) is 1.39. The maximum absolute atomic E-state index is 5.18. The summed E-state index contributed by atoms with van der Waals surface area (Å²) >= 11 is 0. The summed E-state index contributed by atoms with van der Waals surface area (Å²) in [6, 6.07) is 1.90. The molecule has 3 aromatic rings. The molecule has 3 aromatic heterocycles. The molecule has 0 amide bonds. The summed E-state index contributed by atoms with van der Waals surface area (Å²) in [5, 5.41) is 3.86. The topological polar surface area (TPSA) is 72.9 Å². The Balaban J connectivity index is 1.86. The van der Waals surface area contributed by atoms with Crippen molar-refractivity contribution < 1.29 is 4.52 Å². The molecule has 0 radical (unpaired) electrons. The molecule has 0 saturated heterocycles. The Labute approximate surface area is 109 Å². The van der Waals surface area contributed by atoms with Gasteiger partial charge in [-0.3, -0.25) is 0 Å². The van der Waals surface area contributed by atoms with Crippen molar-refractivity contribution in [2.75, 3.05) is 11.9 Å². The maximum atomic E-state index is 5.18. The van der Waals surface area contributed by atoms with Crippen LogP contribution in [0.3, 0.4) is 0 Å². The van der Waals surface area contributed by atoms with Gasteiger partial charge in [-0.1, -0.05) is 5.16 Å². The number of anilines is 1. The molecule has 0 spiro atoms. The van der Waals surface area contributed by atoms with E-state index in [0.29, 0.717) is 18.1 Å². The molecule has 0 aliphatic carbocycles. The van der Waals surface area contributed by atoms with Crippen molar-refractivity contribution in [3.63, 3.8) is 0 Å². The number of hydrogen-bond donors (Lipinski definition) is 0. The van der Waals surface area contributed by atoms with Crippen LogP contribution in [0.25, 0.3) is 11.2 Å². The van der Waals surface area contributed by atoms with E-state index < -0.39 is 0 Å². The fourth-order valence-electron chi connectivity index (χ4n) is 1.88. The van der Waals surface area contributed by atoms with Gasteiger partial charge in [-0.15, -0.1) is 0 Å². The summed E-state index contributed by atoms with van der Waals surface area (Å²) in [7, 11) is 3.82. The lowest BCUT2D eigenvalue weighted by molar-refractivity contribution is 0.379. The predicted octanol–water partition coefficient (Wildman–Crippen LogP) is 1.30. The van der Waals surface area contributed by atoms with Crippen molar-refractivity contribution in [3.8, 4) is 0 Å². The van der Waals surface area contributed by atoms with Gasteiger partial charge in [-0.05, 0) is 6.92 Å². The Morgan fingerprint density at radius 2 is 2.21 bits per heavy atom. The number of aryl methyl sites for hydroxylation is 2. The van der Waals surface area contributed by atoms with E-state index in [0.717, 1.165) is 17.0 Å². The average molecular weight is 258 g/mol. The zero-order chi connectivity index (χ0) is 13.4. The predicted molar refractivity (Wildman–Crippen MR) is 69.7 cm³/mol. The highest BCUT2D eigenvalue weighted by atomic mass is 16.5. The third-order valence-electron chi connectivity index (χ3n) is 2.88. The Bertz CT molecular complexity index is 716. The summed E-state index contributed by atoms with van der Waals surface area (Å²) in [6.07, 6.45) is 3.50. The van der Waals surface area contributed by atoms with Gasteiger partial charge < -0.3 is 14.0 Å². The first-order valence-electron chi connectivity index (χ1n) is 5.91. The van der Waals surface area contributed by atoms with Crippen molar-refractivity contribution >= 4 is 17.1 Å². The van der Waals surface area contributed by atoms with Crippen molar-refractivity contribution in [1.29, 1.82) is 0 Å². The Kier molecular flexibility index (Phi) is 2.66.